The Labute approximate surface area is 169 Å². The number of sulfonamides is 1. The van der Waals surface area contributed by atoms with E-state index in [9.17, 15) is 13.2 Å². The minimum Gasteiger partial charge on any atom is -0.379 e. The fourth-order valence-electron chi connectivity index (χ4n) is 3.45. The third-order valence-corrected chi connectivity index (χ3v) is 7.65. The average Bonchev–Trinajstić information content (AvgIpc) is 2.73. The molecule has 1 aromatic carbocycles. The molecule has 1 saturated heterocycles. The predicted octanol–water partition coefficient (Wildman–Crippen LogP) is 1.95. The highest BCUT2D eigenvalue weighted by molar-refractivity contribution is 7.89. The van der Waals surface area contributed by atoms with Gasteiger partial charge in [0, 0.05) is 43.8 Å². The van der Waals surface area contributed by atoms with E-state index in [0.717, 1.165) is 19.5 Å². The van der Waals surface area contributed by atoms with Gasteiger partial charge in [-0.15, -0.1) is 0 Å². The molecule has 0 aromatic heterocycles. The lowest BCUT2D eigenvalue weighted by atomic mass is 9.95. The molecule has 7 nitrogen and oxygen atoms in total. The molecule has 1 aromatic rings. The van der Waals surface area contributed by atoms with Crippen molar-refractivity contribution in [1.29, 1.82) is 0 Å². The minimum absolute atomic E-state index is 0.148. The Balaban J connectivity index is 2.12. The second-order valence-electron chi connectivity index (χ2n) is 7.25. The van der Waals surface area contributed by atoms with E-state index >= 15 is 0 Å². The minimum atomic E-state index is -3.59. The van der Waals surface area contributed by atoms with Crippen LogP contribution in [-0.2, 0) is 14.8 Å². The van der Waals surface area contributed by atoms with Crippen LogP contribution in [0, 0.1) is 0 Å². The standard InChI is InChI=1S/C20H33N3O4S/c1-5-20(4,22-11-13-27-14-12-22)16-21-19(24)17-9-8-10-18(15-17)28(25,26)23(6-2)7-3/h8-10,15H,5-7,11-14,16H2,1-4H3,(H,21,24). The number of nitrogens with one attached hydrogen (secondary N) is 1. The van der Waals surface area contributed by atoms with Crippen LogP contribution >= 0.6 is 0 Å². The number of amides is 1. The van der Waals surface area contributed by atoms with Gasteiger partial charge >= 0.3 is 0 Å². The zero-order chi connectivity index (χ0) is 20.8. The first-order valence-electron chi connectivity index (χ1n) is 9.99. The van der Waals surface area contributed by atoms with E-state index in [2.05, 4.69) is 24.1 Å². The molecular weight excluding hydrogens is 378 g/mol. The molecule has 1 atom stereocenters. The highest BCUT2D eigenvalue weighted by Crippen LogP contribution is 2.21. The number of carbonyl (C=O) groups excluding carboxylic acids is 1. The van der Waals surface area contributed by atoms with Crippen molar-refractivity contribution < 1.29 is 17.9 Å². The maximum Gasteiger partial charge on any atom is 0.251 e. The molecule has 1 amide bonds. The van der Waals surface area contributed by atoms with Crippen molar-refractivity contribution in [2.45, 2.75) is 44.6 Å². The van der Waals surface area contributed by atoms with E-state index in [1.807, 2.05) is 0 Å². The number of morpholine rings is 1. The van der Waals surface area contributed by atoms with Crippen LogP contribution in [-0.4, -0.2) is 75.0 Å². The topological polar surface area (TPSA) is 79.0 Å². The SMILES string of the molecule is CCN(CC)S(=O)(=O)c1cccc(C(=O)NCC(C)(CC)N2CCOCC2)c1. The molecule has 0 bridgehead atoms. The van der Waals surface area contributed by atoms with Gasteiger partial charge in [0.2, 0.25) is 10.0 Å². The van der Waals surface area contributed by atoms with Crippen molar-refractivity contribution in [3.05, 3.63) is 29.8 Å². The Morgan fingerprint density at radius 3 is 2.43 bits per heavy atom. The molecule has 0 aliphatic carbocycles. The lowest BCUT2D eigenvalue weighted by Crippen LogP contribution is -2.56. The first-order chi connectivity index (χ1) is 13.3. The number of hydrogen-bond donors (Lipinski definition) is 1. The molecular formula is C20H33N3O4S. The van der Waals surface area contributed by atoms with E-state index in [-0.39, 0.29) is 16.3 Å². The second kappa shape index (κ2) is 9.82. The smallest absolute Gasteiger partial charge is 0.251 e. The fourth-order valence-corrected chi connectivity index (χ4v) is 4.95. The Morgan fingerprint density at radius 2 is 1.86 bits per heavy atom. The first kappa shape index (κ1) is 22.8. The van der Waals surface area contributed by atoms with Gasteiger partial charge in [0.1, 0.15) is 0 Å². The van der Waals surface area contributed by atoms with Gasteiger partial charge in [-0.2, -0.15) is 4.31 Å². The summed E-state index contributed by atoms with van der Waals surface area (Å²) in [5, 5.41) is 2.99. The summed E-state index contributed by atoms with van der Waals surface area (Å²) < 4.78 is 32.2. The van der Waals surface area contributed by atoms with Crippen LogP contribution in [0.2, 0.25) is 0 Å². The van der Waals surface area contributed by atoms with Gasteiger partial charge < -0.3 is 10.1 Å². The quantitative estimate of drug-likeness (QED) is 0.672. The molecule has 8 heteroatoms. The zero-order valence-corrected chi connectivity index (χ0v) is 18.2. The first-order valence-corrected chi connectivity index (χ1v) is 11.4. The second-order valence-corrected chi connectivity index (χ2v) is 9.19. The van der Waals surface area contributed by atoms with E-state index in [0.29, 0.717) is 38.4 Å². The van der Waals surface area contributed by atoms with Crippen LogP contribution in [0.25, 0.3) is 0 Å². The molecule has 1 aliphatic rings. The summed E-state index contributed by atoms with van der Waals surface area (Å²) in [5.41, 5.74) is 0.193. The number of nitrogens with zero attached hydrogens (tertiary/aromatic N) is 2. The summed E-state index contributed by atoms with van der Waals surface area (Å²) in [4.78, 5) is 15.2. The number of carbonyl (C=O) groups is 1. The van der Waals surface area contributed by atoms with Gasteiger partial charge in [-0.1, -0.05) is 26.8 Å². The highest BCUT2D eigenvalue weighted by atomic mass is 32.2. The summed E-state index contributed by atoms with van der Waals surface area (Å²) >= 11 is 0. The van der Waals surface area contributed by atoms with Crippen molar-refractivity contribution in [3.8, 4) is 0 Å². The van der Waals surface area contributed by atoms with Gasteiger partial charge in [0.05, 0.1) is 18.1 Å². The number of ether oxygens (including phenoxy) is 1. The molecule has 158 valence electrons. The Hall–Kier alpha value is -1.48. The molecule has 1 aliphatic heterocycles. The van der Waals surface area contributed by atoms with Crippen molar-refractivity contribution >= 4 is 15.9 Å². The Bertz CT molecular complexity index is 758. The largest absolute Gasteiger partial charge is 0.379 e. The van der Waals surface area contributed by atoms with E-state index in [1.54, 1.807) is 26.0 Å². The highest BCUT2D eigenvalue weighted by Gasteiger charge is 2.32. The van der Waals surface area contributed by atoms with Crippen LogP contribution < -0.4 is 5.32 Å². The fraction of sp³-hybridized carbons (Fsp3) is 0.650. The van der Waals surface area contributed by atoms with E-state index in [1.165, 1.54) is 16.4 Å². The predicted molar refractivity (Wildman–Crippen MR) is 110 cm³/mol. The average molecular weight is 412 g/mol. The Kier molecular flexibility index (Phi) is 8.00. The summed E-state index contributed by atoms with van der Waals surface area (Å²) in [6.07, 6.45) is 0.893. The van der Waals surface area contributed by atoms with Gasteiger partial charge in [-0.05, 0) is 31.5 Å². The van der Waals surface area contributed by atoms with Gasteiger partial charge in [-0.25, -0.2) is 8.42 Å². The molecule has 1 fully saturated rings. The van der Waals surface area contributed by atoms with Crippen LogP contribution in [0.1, 0.15) is 44.5 Å². The van der Waals surface area contributed by atoms with Gasteiger partial charge in [0.15, 0.2) is 0 Å². The lowest BCUT2D eigenvalue weighted by molar-refractivity contribution is -0.0169. The van der Waals surface area contributed by atoms with Crippen LogP contribution in [0.5, 0.6) is 0 Å². The van der Waals surface area contributed by atoms with Gasteiger partial charge in [0.25, 0.3) is 5.91 Å². The number of hydrogen-bond acceptors (Lipinski definition) is 5. The monoisotopic (exact) mass is 411 g/mol. The molecule has 0 saturated carbocycles. The molecule has 0 spiro atoms. The van der Waals surface area contributed by atoms with Gasteiger partial charge in [-0.3, -0.25) is 9.69 Å². The van der Waals surface area contributed by atoms with E-state index < -0.39 is 10.0 Å². The summed E-state index contributed by atoms with van der Waals surface area (Å²) in [5.74, 6) is -0.260. The van der Waals surface area contributed by atoms with Crippen LogP contribution in [0.15, 0.2) is 29.2 Å². The molecule has 1 unspecified atom stereocenters. The number of rotatable bonds is 9. The summed E-state index contributed by atoms with van der Waals surface area (Å²) in [6, 6.07) is 6.26. The molecule has 2 rings (SSSR count). The van der Waals surface area contributed by atoms with Crippen molar-refractivity contribution in [1.82, 2.24) is 14.5 Å². The maximum atomic E-state index is 12.7. The molecule has 0 radical (unpaired) electrons. The van der Waals surface area contributed by atoms with E-state index in [4.69, 9.17) is 4.74 Å². The third kappa shape index (κ3) is 5.11. The van der Waals surface area contributed by atoms with Crippen molar-refractivity contribution in [2.24, 2.45) is 0 Å². The molecule has 1 N–H and O–H groups in total. The maximum absolute atomic E-state index is 12.7. The van der Waals surface area contributed by atoms with Crippen LogP contribution in [0.3, 0.4) is 0 Å². The molecule has 28 heavy (non-hydrogen) atoms. The number of benzene rings is 1. The zero-order valence-electron chi connectivity index (χ0n) is 17.4. The lowest BCUT2D eigenvalue weighted by Gasteiger charge is -2.43. The third-order valence-electron chi connectivity index (χ3n) is 5.61. The molecule has 1 heterocycles. The van der Waals surface area contributed by atoms with Crippen molar-refractivity contribution in [3.63, 3.8) is 0 Å². The summed E-state index contributed by atoms with van der Waals surface area (Å²) in [6.45, 7) is 12.2. The summed E-state index contributed by atoms with van der Waals surface area (Å²) in [7, 11) is -3.59. The van der Waals surface area contributed by atoms with Crippen molar-refractivity contribution in [2.75, 3.05) is 45.9 Å². The Morgan fingerprint density at radius 1 is 1.21 bits per heavy atom. The van der Waals surface area contributed by atoms with Crippen LogP contribution in [0.4, 0.5) is 0 Å². The normalized spacial score (nSPS) is 18.0.